The minimum absolute atomic E-state index is 0.00497. The maximum atomic E-state index is 9.25. The van der Waals surface area contributed by atoms with E-state index in [2.05, 4.69) is 15.1 Å². The highest BCUT2D eigenvalue weighted by molar-refractivity contribution is 7.13. The number of hydrogen-bond donors (Lipinski definition) is 1. The van der Waals surface area contributed by atoms with Gasteiger partial charge in [0.2, 0.25) is 5.89 Å². The predicted molar refractivity (Wildman–Crippen MR) is 92.3 cm³/mol. The Morgan fingerprint density at radius 1 is 1.25 bits per heavy atom. The summed E-state index contributed by atoms with van der Waals surface area (Å²) in [6, 6.07) is 10.6. The molecule has 2 aromatic heterocycles. The van der Waals surface area contributed by atoms with Crippen LogP contribution in [-0.4, -0.2) is 40.4 Å². The number of ether oxygens (including phenoxy) is 1. The zero-order chi connectivity index (χ0) is 16.9. The number of benzene rings is 1. The molecule has 1 aromatic carbocycles. The van der Waals surface area contributed by atoms with Crippen LogP contribution >= 0.6 is 11.3 Å². The molecule has 0 spiro atoms. The predicted octanol–water partition coefficient (Wildman–Crippen LogP) is 3.58. The summed E-state index contributed by atoms with van der Waals surface area (Å²) in [4.78, 5) is 3.06. The van der Waals surface area contributed by atoms with Crippen molar-refractivity contribution in [2.45, 2.75) is 13.0 Å². The Morgan fingerprint density at radius 3 is 2.75 bits per heavy atom. The van der Waals surface area contributed by atoms with Gasteiger partial charge in [0.05, 0.1) is 10.9 Å². The smallest absolute Gasteiger partial charge is 0.257 e. The number of phenols is 1. The molecule has 0 saturated carbocycles. The maximum Gasteiger partial charge on any atom is 0.257 e. The molecule has 0 bridgehead atoms. The van der Waals surface area contributed by atoms with Crippen molar-refractivity contribution in [3.63, 3.8) is 0 Å². The summed E-state index contributed by atoms with van der Waals surface area (Å²) < 4.78 is 11.4. The van der Waals surface area contributed by atoms with Gasteiger partial charge in [-0.2, -0.15) is 0 Å². The zero-order valence-corrected chi connectivity index (χ0v) is 14.4. The van der Waals surface area contributed by atoms with Crippen LogP contribution in [0.2, 0.25) is 0 Å². The van der Waals surface area contributed by atoms with Crippen LogP contribution in [0.15, 0.2) is 46.2 Å². The lowest BCUT2D eigenvalue weighted by molar-refractivity contribution is 0.182. The first kappa shape index (κ1) is 16.5. The Kier molecular flexibility index (Phi) is 5.12. The van der Waals surface area contributed by atoms with E-state index in [1.165, 1.54) is 0 Å². The van der Waals surface area contributed by atoms with Crippen molar-refractivity contribution in [2.24, 2.45) is 0 Å². The average Bonchev–Trinajstić information content (AvgIpc) is 3.27. The largest absolute Gasteiger partial charge is 0.508 e. The van der Waals surface area contributed by atoms with Crippen molar-refractivity contribution in [3.8, 4) is 22.3 Å². The highest BCUT2D eigenvalue weighted by Gasteiger charge is 2.19. The summed E-state index contributed by atoms with van der Waals surface area (Å²) in [7, 11) is 1.99. The minimum Gasteiger partial charge on any atom is -0.508 e. The molecular formula is C17H19N3O3S. The fourth-order valence-electron chi connectivity index (χ4n) is 2.14. The molecule has 2 heterocycles. The minimum atomic E-state index is -0.00497. The number of aromatic nitrogens is 2. The molecule has 1 N–H and O–H groups in total. The third-order valence-electron chi connectivity index (χ3n) is 3.74. The van der Waals surface area contributed by atoms with Gasteiger partial charge >= 0.3 is 0 Å². The summed E-state index contributed by atoms with van der Waals surface area (Å²) in [6.07, 6.45) is 0. The SMILES string of the molecule is CC(c1nnc(-c2cccs2)o1)N(C)CCOc1ccc(O)cc1. The first-order valence-electron chi connectivity index (χ1n) is 7.63. The van der Waals surface area contributed by atoms with Crippen molar-refractivity contribution < 1.29 is 14.3 Å². The van der Waals surface area contributed by atoms with E-state index < -0.39 is 0 Å². The topological polar surface area (TPSA) is 71.6 Å². The van der Waals surface area contributed by atoms with Crippen molar-refractivity contribution >= 4 is 11.3 Å². The highest BCUT2D eigenvalue weighted by atomic mass is 32.1. The van der Waals surface area contributed by atoms with Crippen molar-refractivity contribution in [3.05, 3.63) is 47.7 Å². The number of phenolic OH excluding ortho intramolecular Hbond substituents is 1. The average molecular weight is 345 g/mol. The van der Waals surface area contributed by atoms with Gasteiger partial charge < -0.3 is 14.3 Å². The molecule has 1 unspecified atom stereocenters. The standard InChI is InChI=1S/C17H19N3O3S/c1-12(16-18-19-17(23-16)15-4-3-11-24-15)20(2)9-10-22-14-7-5-13(21)6-8-14/h3-8,11-12,21H,9-10H2,1-2H3. The third kappa shape index (κ3) is 3.93. The number of likely N-dealkylation sites (N-methyl/N-ethyl adjacent to an activating group) is 1. The molecule has 6 nitrogen and oxygen atoms in total. The molecule has 3 rings (SSSR count). The first-order valence-corrected chi connectivity index (χ1v) is 8.51. The van der Waals surface area contributed by atoms with Gasteiger partial charge in [-0.25, -0.2) is 0 Å². The Morgan fingerprint density at radius 2 is 2.04 bits per heavy atom. The van der Waals surface area contributed by atoms with Gasteiger partial charge in [-0.1, -0.05) is 6.07 Å². The van der Waals surface area contributed by atoms with Crippen LogP contribution < -0.4 is 4.74 Å². The molecular weight excluding hydrogens is 326 g/mol. The lowest BCUT2D eigenvalue weighted by Crippen LogP contribution is -2.27. The van der Waals surface area contributed by atoms with Gasteiger partial charge in [0.15, 0.2) is 0 Å². The van der Waals surface area contributed by atoms with E-state index in [-0.39, 0.29) is 11.8 Å². The van der Waals surface area contributed by atoms with E-state index in [1.807, 2.05) is 31.5 Å². The van der Waals surface area contributed by atoms with Crippen molar-refractivity contribution in [2.75, 3.05) is 20.2 Å². The van der Waals surface area contributed by atoms with Crippen LogP contribution in [-0.2, 0) is 0 Å². The third-order valence-corrected chi connectivity index (χ3v) is 4.60. The lowest BCUT2D eigenvalue weighted by atomic mass is 10.3. The lowest BCUT2D eigenvalue weighted by Gasteiger charge is -2.21. The summed E-state index contributed by atoms with van der Waals surface area (Å²) in [5, 5.41) is 19.5. The Balaban J connectivity index is 1.53. The number of rotatable bonds is 7. The molecule has 0 aliphatic carbocycles. The fourth-order valence-corrected chi connectivity index (χ4v) is 2.78. The molecule has 7 heteroatoms. The molecule has 0 aliphatic heterocycles. The molecule has 0 amide bonds. The number of thiophene rings is 1. The molecule has 0 radical (unpaired) electrons. The number of nitrogens with zero attached hydrogens (tertiary/aromatic N) is 3. The summed E-state index contributed by atoms with van der Waals surface area (Å²) in [6.45, 7) is 3.25. The molecule has 0 fully saturated rings. The van der Waals surface area contributed by atoms with Gasteiger partial charge in [-0.15, -0.1) is 21.5 Å². The van der Waals surface area contributed by atoms with Crippen LogP contribution in [0.25, 0.3) is 10.8 Å². The van der Waals surface area contributed by atoms with Crippen LogP contribution in [0.4, 0.5) is 0 Å². The van der Waals surface area contributed by atoms with E-state index in [4.69, 9.17) is 9.15 Å². The molecule has 1 atom stereocenters. The molecule has 126 valence electrons. The molecule has 24 heavy (non-hydrogen) atoms. The van der Waals surface area contributed by atoms with E-state index in [0.717, 1.165) is 10.6 Å². The quantitative estimate of drug-likeness (QED) is 0.706. The van der Waals surface area contributed by atoms with Crippen LogP contribution in [0, 0.1) is 0 Å². The maximum absolute atomic E-state index is 9.25. The van der Waals surface area contributed by atoms with Gasteiger partial charge in [0, 0.05) is 6.54 Å². The first-order chi connectivity index (χ1) is 11.6. The van der Waals surface area contributed by atoms with Crippen LogP contribution in [0.5, 0.6) is 11.5 Å². The van der Waals surface area contributed by atoms with Crippen LogP contribution in [0.1, 0.15) is 18.9 Å². The number of hydrogen-bond acceptors (Lipinski definition) is 7. The molecule has 3 aromatic rings. The van der Waals surface area contributed by atoms with Gasteiger partial charge in [-0.3, -0.25) is 4.90 Å². The Hall–Kier alpha value is -2.38. The Bertz CT molecular complexity index is 756. The second kappa shape index (κ2) is 7.46. The van der Waals surface area contributed by atoms with E-state index >= 15 is 0 Å². The van der Waals surface area contributed by atoms with Crippen LogP contribution in [0.3, 0.4) is 0 Å². The van der Waals surface area contributed by atoms with Gasteiger partial charge in [-0.05, 0) is 49.7 Å². The van der Waals surface area contributed by atoms with Crippen molar-refractivity contribution in [1.29, 1.82) is 0 Å². The number of aromatic hydroxyl groups is 1. The molecule has 0 aliphatic rings. The second-order valence-electron chi connectivity index (χ2n) is 5.42. The summed E-state index contributed by atoms with van der Waals surface area (Å²) >= 11 is 1.57. The Labute approximate surface area is 144 Å². The summed E-state index contributed by atoms with van der Waals surface area (Å²) in [5.74, 6) is 2.10. The molecule has 0 saturated heterocycles. The monoisotopic (exact) mass is 345 g/mol. The van der Waals surface area contributed by atoms with E-state index in [9.17, 15) is 5.11 Å². The summed E-state index contributed by atoms with van der Waals surface area (Å²) in [5.41, 5.74) is 0. The van der Waals surface area contributed by atoms with E-state index in [1.54, 1.807) is 35.6 Å². The second-order valence-corrected chi connectivity index (χ2v) is 6.37. The fraction of sp³-hybridized carbons (Fsp3) is 0.294. The normalized spacial score (nSPS) is 12.5. The van der Waals surface area contributed by atoms with E-state index in [0.29, 0.717) is 24.9 Å². The highest BCUT2D eigenvalue weighted by Crippen LogP contribution is 2.26. The van der Waals surface area contributed by atoms with Crippen molar-refractivity contribution in [1.82, 2.24) is 15.1 Å². The van der Waals surface area contributed by atoms with Gasteiger partial charge in [0.1, 0.15) is 18.1 Å². The zero-order valence-electron chi connectivity index (χ0n) is 13.5. The van der Waals surface area contributed by atoms with Gasteiger partial charge in [0.25, 0.3) is 5.89 Å².